The highest BCUT2D eigenvalue weighted by molar-refractivity contribution is 6.00. The third-order valence-electron chi connectivity index (χ3n) is 8.78. The van der Waals surface area contributed by atoms with E-state index in [1.165, 1.54) is 0 Å². The van der Waals surface area contributed by atoms with Crippen LogP contribution in [0.4, 0.5) is 0 Å². The van der Waals surface area contributed by atoms with Crippen molar-refractivity contribution in [2.45, 2.75) is 87.9 Å². The van der Waals surface area contributed by atoms with Gasteiger partial charge in [0.2, 0.25) is 29.5 Å². The number of fused-ring (bicyclic) bond motifs is 2. The number of hydrogen-bond acceptors (Lipinski definition) is 6. The fourth-order valence-electron chi connectivity index (χ4n) is 6.50. The Kier molecular flexibility index (Phi) is 9.40. The van der Waals surface area contributed by atoms with Crippen LogP contribution in [0.15, 0.2) is 54.6 Å². The number of carbonyl (C=O) groups excluding carboxylic acids is 5. The molecule has 2 aromatic rings. The standard InChI is InChI=1S/C32H39N5O6/c38-27(36-43)16-6-2-5-14-24-28(39)35-32(19-22-12-7-8-13-23(22)20-32)31(42)34-25(18-21-10-3-1-4-11-21)30(41)37-17-9-15-26(37)29(40)33-24/h1,3-4,7-8,10-13,24-26,43H,2,5-6,9,14-20H2,(H,33,40)(H,34,42)(H,35,39)(H,36,38)/t24-,25-,26-/m0/s1. The van der Waals surface area contributed by atoms with Gasteiger partial charge in [-0.2, -0.15) is 0 Å². The molecule has 228 valence electrons. The molecule has 0 unspecified atom stereocenters. The van der Waals surface area contributed by atoms with Crippen LogP contribution in [0.25, 0.3) is 0 Å². The number of nitrogens with zero attached hydrogens (tertiary/aromatic N) is 1. The van der Waals surface area contributed by atoms with Gasteiger partial charge in [0.25, 0.3) is 0 Å². The number of benzene rings is 2. The smallest absolute Gasteiger partial charge is 0.247 e. The van der Waals surface area contributed by atoms with Gasteiger partial charge < -0.3 is 20.9 Å². The molecule has 5 N–H and O–H groups in total. The van der Waals surface area contributed by atoms with Crippen LogP contribution in [0.1, 0.15) is 61.6 Å². The third-order valence-corrected chi connectivity index (χ3v) is 8.78. The lowest BCUT2D eigenvalue weighted by Gasteiger charge is -2.36. The lowest BCUT2D eigenvalue weighted by Crippen LogP contribution is -2.67. The molecule has 1 aliphatic carbocycles. The van der Waals surface area contributed by atoms with Crippen LogP contribution in [-0.2, 0) is 43.2 Å². The van der Waals surface area contributed by atoms with Gasteiger partial charge in [0.15, 0.2) is 0 Å². The number of hydrogen-bond donors (Lipinski definition) is 5. The molecule has 3 atom stereocenters. The second kappa shape index (κ2) is 13.4. The average molecular weight is 590 g/mol. The Morgan fingerprint density at radius 2 is 1.58 bits per heavy atom. The molecule has 1 spiro atoms. The van der Waals surface area contributed by atoms with Gasteiger partial charge in [-0.1, -0.05) is 67.4 Å². The first-order valence-electron chi connectivity index (χ1n) is 15.1. The minimum atomic E-state index is -1.33. The Labute approximate surface area is 250 Å². The van der Waals surface area contributed by atoms with E-state index < -0.39 is 41.4 Å². The number of unbranched alkanes of at least 4 members (excludes halogenated alkanes) is 2. The van der Waals surface area contributed by atoms with Crippen molar-refractivity contribution in [1.82, 2.24) is 26.3 Å². The Morgan fingerprint density at radius 3 is 2.28 bits per heavy atom. The van der Waals surface area contributed by atoms with E-state index in [1.807, 2.05) is 54.6 Å². The first-order valence-corrected chi connectivity index (χ1v) is 15.1. The Bertz CT molecular complexity index is 1340. The van der Waals surface area contributed by atoms with Crippen LogP contribution < -0.4 is 21.4 Å². The maximum absolute atomic E-state index is 14.2. The van der Waals surface area contributed by atoms with Gasteiger partial charge in [0.1, 0.15) is 23.7 Å². The van der Waals surface area contributed by atoms with Gasteiger partial charge >= 0.3 is 0 Å². The van der Waals surface area contributed by atoms with Crippen molar-refractivity contribution in [3.05, 3.63) is 71.3 Å². The normalized spacial score (nSPS) is 23.4. The molecular formula is C32H39N5O6. The SMILES string of the molecule is O=C(CCCCC[C@@H]1NC(=O)[C@@H]2CCCN2C(=O)[C@H](Cc2ccccc2)NC(=O)C2(Cc3ccccc3C2)NC1=O)NO. The Hall–Kier alpha value is -4.25. The molecule has 5 amide bonds. The molecule has 0 radical (unpaired) electrons. The Morgan fingerprint density at radius 1 is 0.884 bits per heavy atom. The van der Waals surface area contributed by atoms with E-state index in [-0.39, 0.29) is 37.5 Å². The molecular weight excluding hydrogens is 550 g/mol. The quantitative estimate of drug-likeness (QED) is 0.178. The fraction of sp³-hybridized carbons (Fsp3) is 0.469. The molecule has 2 heterocycles. The number of rotatable bonds is 8. The van der Waals surface area contributed by atoms with Crippen LogP contribution >= 0.6 is 0 Å². The minimum absolute atomic E-state index is 0.143. The van der Waals surface area contributed by atoms with Gasteiger partial charge in [0.05, 0.1) is 0 Å². The molecule has 0 bridgehead atoms. The molecule has 11 nitrogen and oxygen atoms in total. The number of hydroxylamine groups is 1. The molecule has 5 rings (SSSR count). The number of amides is 5. The Balaban J connectivity index is 1.44. The molecule has 0 saturated carbocycles. The van der Waals surface area contributed by atoms with Crippen molar-refractivity contribution in [2.24, 2.45) is 0 Å². The van der Waals surface area contributed by atoms with Crippen molar-refractivity contribution in [1.29, 1.82) is 0 Å². The van der Waals surface area contributed by atoms with Crippen LogP contribution in [-0.4, -0.2) is 69.9 Å². The zero-order chi connectivity index (χ0) is 30.4. The van der Waals surface area contributed by atoms with Crippen LogP contribution in [0, 0.1) is 0 Å². The van der Waals surface area contributed by atoms with Crippen molar-refractivity contribution >= 4 is 29.5 Å². The average Bonchev–Trinajstić information content (AvgIpc) is 3.65. The van der Waals surface area contributed by atoms with E-state index in [4.69, 9.17) is 5.21 Å². The molecule has 2 fully saturated rings. The first kappa shape index (κ1) is 30.2. The maximum atomic E-state index is 14.2. The summed E-state index contributed by atoms with van der Waals surface area (Å²) in [5.74, 6) is -2.07. The van der Waals surface area contributed by atoms with E-state index in [0.29, 0.717) is 45.1 Å². The fourth-order valence-corrected chi connectivity index (χ4v) is 6.50. The molecule has 11 heteroatoms. The summed E-state index contributed by atoms with van der Waals surface area (Å²) in [7, 11) is 0. The summed E-state index contributed by atoms with van der Waals surface area (Å²) in [6.45, 7) is 0.387. The van der Waals surface area contributed by atoms with Crippen molar-refractivity contribution in [3.63, 3.8) is 0 Å². The predicted octanol–water partition coefficient (Wildman–Crippen LogP) is 1.31. The zero-order valence-electron chi connectivity index (χ0n) is 24.1. The number of carbonyl (C=O) groups is 5. The molecule has 43 heavy (non-hydrogen) atoms. The summed E-state index contributed by atoms with van der Waals surface area (Å²) in [5, 5.41) is 17.6. The maximum Gasteiger partial charge on any atom is 0.247 e. The summed E-state index contributed by atoms with van der Waals surface area (Å²) < 4.78 is 0. The van der Waals surface area contributed by atoms with Gasteiger partial charge in [0, 0.05) is 32.2 Å². The van der Waals surface area contributed by atoms with Crippen LogP contribution in [0.3, 0.4) is 0 Å². The van der Waals surface area contributed by atoms with E-state index in [1.54, 1.807) is 10.4 Å². The van der Waals surface area contributed by atoms with Crippen molar-refractivity contribution in [2.75, 3.05) is 6.54 Å². The lowest BCUT2D eigenvalue weighted by molar-refractivity contribution is -0.144. The zero-order valence-corrected chi connectivity index (χ0v) is 24.1. The first-order chi connectivity index (χ1) is 20.8. The summed E-state index contributed by atoms with van der Waals surface area (Å²) in [6.07, 6.45) is 3.94. The minimum Gasteiger partial charge on any atom is -0.343 e. The van der Waals surface area contributed by atoms with Crippen molar-refractivity contribution in [3.8, 4) is 0 Å². The van der Waals surface area contributed by atoms with Crippen LogP contribution in [0.2, 0.25) is 0 Å². The lowest BCUT2D eigenvalue weighted by atomic mass is 9.91. The van der Waals surface area contributed by atoms with Crippen LogP contribution in [0.5, 0.6) is 0 Å². The van der Waals surface area contributed by atoms with E-state index >= 15 is 0 Å². The van der Waals surface area contributed by atoms with E-state index in [0.717, 1.165) is 16.7 Å². The molecule has 2 aliphatic heterocycles. The van der Waals surface area contributed by atoms with Gasteiger partial charge in [-0.05, 0) is 42.4 Å². The highest BCUT2D eigenvalue weighted by atomic mass is 16.5. The van der Waals surface area contributed by atoms with Gasteiger partial charge in [-0.25, -0.2) is 5.48 Å². The molecule has 3 aliphatic rings. The number of nitrogens with one attached hydrogen (secondary N) is 4. The van der Waals surface area contributed by atoms with Gasteiger partial charge in [-0.3, -0.25) is 29.2 Å². The summed E-state index contributed by atoms with van der Waals surface area (Å²) in [6, 6.07) is 14.5. The van der Waals surface area contributed by atoms with Gasteiger partial charge in [-0.15, -0.1) is 0 Å². The van der Waals surface area contributed by atoms with E-state index in [9.17, 15) is 24.0 Å². The molecule has 2 saturated heterocycles. The largest absolute Gasteiger partial charge is 0.343 e. The highest BCUT2D eigenvalue weighted by Crippen LogP contribution is 2.31. The summed E-state index contributed by atoms with van der Waals surface area (Å²) >= 11 is 0. The monoisotopic (exact) mass is 589 g/mol. The molecule has 2 aromatic carbocycles. The topological polar surface area (TPSA) is 157 Å². The third kappa shape index (κ3) is 6.88. The predicted molar refractivity (Wildman–Crippen MR) is 156 cm³/mol. The highest BCUT2D eigenvalue weighted by Gasteiger charge is 2.48. The van der Waals surface area contributed by atoms with Crippen molar-refractivity contribution < 1.29 is 29.2 Å². The summed E-state index contributed by atoms with van der Waals surface area (Å²) in [5.41, 5.74) is 3.04. The second-order valence-corrected chi connectivity index (χ2v) is 11.8. The van der Waals surface area contributed by atoms with E-state index in [2.05, 4.69) is 16.0 Å². The summed E-state index contributed by atoms with van der Waals surface area (Å²) in [4.78, 5) is 68.7. The molecule has 0 aromatic heterocycles. The second-order valence-electron chi connectivity index (χ2n) is 11.8.